The van der Waals surface area contributed by atoms with E-state index in [1.54, 1.807) is 25.8 Å². The number of carbonyl (C=O) groups is 3. The predicted molar refractivity (Wildman–Crippen MR) is 115 cm³/mol. The number of rotatable bonds is 4. The molecule has 0 radical (unpaired) electrons. The van der Waals surface area contributed by atoms with Crippen LogP contribution in [0.15, 0.2) is 48.5 Å². The van der Waals surface area contributed by atoms with E-state index >= 15 is 0 Å². The molecule has 0 fully saturated rings. The van der Waals surface area contributed by atoms with E-state index in [0.717, 1.165) is 35.3 Å². The summed E-state index contributed by atoms with van der Waals surface area (Å²) in [4.78, 5) is 39.8. The third kappa shape index (κ3) is 3.74. The third-order valence-corrected chi connectivity index (χ3v) is 5.63. The van der Waals surface area contributed by atoms with Gasteiger partial charge in [0.25, 0.3) is 11.7 Å². The smallest absolute Gasteiger partial charge is 0.380 e. The van der Waals surface area contributed by atoms with Crippen LogP contribution in [0.3, 0.4) is 0 Å². The van der Waals surface area contributed by atoms with Gasteiger partial charge in [0, 0.05) is 12.7 Å². The van der Waals surface area contributed by atoms with Crippen molar-refractivity contribution in [3.8, 4) is 0 Å². The number of benzene rings is 2. The lowest BCUT2D eigenvalue weighted by Gasteiger charge is -2.24. The molecule has 4 rings (SSSR count). The predicted octanol–water partition coefficient (Wildman–Crippen LogP) is 3.23. The van der Waals surface area contributed by atoms with Crippen LogP contribution in [-0.4, -0.2) is 34.0 Å². The second-order valence-electron chi connectivity index (χ2n) is 7.56. The van der Waals surface area contributed by atoms with Gasteiger partial charge in [0.05, 0.1) is 22.6 Å². The molecule has 0 saturated carbocycles. The van der Waals surface area contributed by atoms with E-state index in [4.69, 9.17) is 4.74 Å². The molecular formula is C24H23N3O4. The van der Waals surface area contributed by atoms with E-state index in [-0.39, 0.29) is 5.56 Å². The van der Waals surface area contributed by atoms with Gasteiger partial charge in [0.15, 0.2) is 6.61 Å². The van der Waals surface area contributed by atoms with Gasteiger partial charge < -0.3 is 4.74 Å². The lowest BCUT2D eigenvalue weighted by atomic mass is 10.0. The van der Waals surface area contributed by atoms with Crippen molar-refractivity contribution in [3.63, 3.8) is 0 Å². The molecule has 0 bridgehead atoms. The number of fused-ring (bicyclic) bond motifs is 2. The molecule has 1 amide bonds. The Hall–Kier alpha value is -3.74. The topological polar surface area (TPSA) is 81.5 Å². The highest BCUT2D eigenvalue weighted by molar-refractivity contribution is 6.41. The number of nitrogens with zero attached hydrogens (tertiary/aromatic N) is 3. The van der Waals surface area contributed by atoms with Crippen molar-refractivity contribution in [2.45, 2.75) is 26.7 Å². The van der Waals surface area contributed by atoms with Crippen LogP contribution in [0.5, 0.6) is 0 Å². The van der Waals surface area contributed by atoms with Crippen LogP contribution < -0.4 is 4.90 Å². The molecule has 2 aromatic carbocycles. The molecular weight excluding hydrogens is 394 g/mol. The molecule has 0 atom stereocenters. The number of aromatic nitrogens is 2. The average Bonchev–Trinajstić information content (AvgIpc) is 2.93. The first kappa shape index (κ1) is 20.5. The van der Waals surface area contributed by atoms with E-state index in [1.165, 1.54) is 4.68 Å². The Morgan fingerprint density at radius 2 is 1.48 bits per heavy atom. The van der Waals surface area contributed by atoms with Crippen molar-refractivity contribution >= 4 is 29.0 Å². The van der Waals surface area contributed by atoms with Gasteiger partial charge in [-0.15, -0.1) is 0 Å². The maximum atomic E-state index is 13.2. The number of ketones is 1. The maximum absolute atomic E-state index is 13.2. The van der Waals surface area contributed by atoms with Gasteiger partial charge in [-0.3, -0.25) is 19.2 Å². The fourth-order valence-corrected chi connectivity index (χ4v) is 4.01. The maximum Gasteiger partial charge on any atom is 0.380 e. The Morgan fingerprint density at radius 3 is 2.00 bits per heavy atom. The number of hydrogen-bond acceptors (Lipinski definition) is 5. The summed E-state index contributed by atoms with van der Waals surface area (Å²) in [7, 11) is 1.70. The molecule has 0 spiro atoms. The van der Waals surface area contributed by atoms with Gasteiger partial charge in [-0.05, 0) is 49.9 Å². The molecule has 0 aliphatic carbocycles. The fraction of sp³-hybridized carbons (Fsp3) is 0.250. The molecule has 1 aliphatic rings. The van der Waals surface area contributed by atoms with Gasteiger partial charge >= 0.3 is 5.97 Å². The number of amides is 1. The molecule has 1 aliphatic heterocycles. The summed E-state index contributed by atoms with van der Waals surface area (Å²) in [6.07, 6.45) is 1.60. The van der Waals surface area contributed by atoms with Crippen LogP contribution in [0.25, 0.3) is 0 Å². The summed E-state index contributed by atoms with van der Waals surface area (Å²) >= 11 is 0. The molecule has 7 heteroatoms. The summed E-state index contributed by atoms with van der Waals surface area (Å²) in [6.45, 7) is 2.83. The second-order valence-corrected chi connectivity index (χ2v) is 7.56. The minimum absolute atomic E-state index is 0.213. The van der Waals surface area contributed by atoms with Gasteiger partial charge in [0.2, 0.25) is 0 Å². The Morgan fingerprint density at radius 1 is 0.935 bits per heavy atom. The SMILES string of the molecule is Cc1nn(C)c(C)c1C(=O)C(=O)OCC(=O)N1c2ccccc2CCc2ccccc21. The lowest BCUT2D eigenvalue weighted by Crippen LogP contribution is -2.32. The quantitative estimate of drug-likeness (QED) is 0.370. The molecule has 1 aromatic heterocycles. The minimum Gasteiger partial charge on any atom is -0.450 e. The molecule has 0 saturated heterocycles. The van der Waals surface area contributed by atoms with Crippen LogP contribution in [0.4, 0.5) is 11.4 Å². The number of aryl methyl sites for hydroxylation is 4. The van der Waals surface area contributed by atoms with Gasteiger partial charge in [-0.1, -0.05) is 36.4 Å². The van der Waals surface area contributed by atoms with E-state index in [2.05, 4.69) is 5.10 Å². The molecule has 0 unspecified atom stereocenters. The van der Waals surface area contributed by atoms with E-state index in [0.29, 0.717) is 11.4 Å². The van der Waals surface area contributed by atoms with Crippen LogP contribution in [0.2, 0.25) is 0 Å². The molecule has 31 heavy (non-hydrogen) atoms. The van der Waals surface area contributed by atoms with E-state index < -0.39 is 24.3 Å². The van der Waals surface area contributed by atoms with Gasteiger partial charge in [0.1, 0.15) is 0 Å². The normalized spacial score (nSPS) is 12.5. The summed E-state index contributed by atoms with van der Waals surface area (Å²) in [5.74, 6) is -2.28. The first-order valence-corrected chi connectivity index (χ1v) is 10.1. The zero-order valence-electron chi connectivity index (χ0n) is 17.7. The van der Waals surface area contributed by atoms with Crippen LogP contribution in [0.1, 0.15) is 32.9 Å². The third-order valence-electron chi connectivity index (χ3n) is 5.63. The summed E-state index contributed by atoms with van der Waals surface area (Å²) in [5, 5.41) is 4.16. The fourth-order valence-electron chi connectivity index (χ4n) is 4.01. The first-order chi connectivity index (χ1) is 14.9. The van der Waals surface area contributed by atoms with Gasteiger partial charge in [-0.2, -0.15) is 5.10 Å². The van der Waals surface area contributed by atoms with Crippen molar-refractivity contribution in [1.29, 1.82) is 0 Å². The van der Waals surface area contributed by atoms with Crippen molar-refractivity contribution in [3.05, 3.63) is 76.6 Å². The molecule has 0 N–H and O–H groups in total. The Bertz CT molecular complexity index is 1150. The zero-order valence-corrected chi connectivity index (χ0v) is 17.7. The summed E-state index contributed by atoms with van der Waals surface area (Å²) in [6, 6.07) is 15.4. The number of esters is 1. The van der Waals surface area contributed by atoms with E-state index in [9.17, 15) is 14.4 Å². The average molecular weight is 417 g/mol. The number of ether oxygens (including phenoxy) is 1. The van der Waals surface area contributed by atoms with Crippen molar-refractivity contribution in [2.24, 2.45) is 7.05 Å². The molecule has 3 aromatic rings. The van der Waals surface area contributed by atoms with E-state index in [1.807, 2.05) is 48.5 Å². The second kappa shape index (κ2) is 8.18. The summed E-state index contributed by atoms with van der Waals surface area (Å²) < 4.78 is 6.68. The molecule has 158 valence electrons. The van der Waals surface area contributed by atoms with Crippen molar-refractivity contribution in [1.82, 2.24) is 9.78 Å². The van der Waals surface area contributed by atoms with Crippen LogP contribution in [0, 0.1) is 13.8 Å². The van der Waals surface area contributed by atoms with Crippen molar-refractivity contribution < 1.29 is 19.1 Å². The monoisotopic (exact) mass is 417 g/mol. The number of carbonyl (C=O) groups excluding carboxylic acids is 3. The Labute approximate surface area is 180 Å². The first-order valence-electron chi connectivity index (χ1n) is 10.1. The molecule has 2 heterocycles. The Kier molecular flexibility index (Phi) is 5.42. The lowest BCUT2D eigenvalue weighted by molar-refractivity contribution is -0.142. The summed E-state index contributed by atoms with van der Waals surface area (Å²) in [5.41, 5.74) is 4.83. The van der Waals surface area contributed by atoms with Gasteiger partial charge in [-0.25, -0.2) is 4.79 Å². The minimum atomic E-state index is -1.07. The van der Waals surface area contributed by atoms with Crippen LogP contribution in [-0.2, 0) is 34.2 Å². The number of hydrogen-bond donors (Lipinski definition) is 0. The largest absolute Gasteiger partial charge is 0.450 e. The highest BCUT2D eigenvalue weighted by Gasteiger charge is 2.29. The number of Topliss-reactive ketones (excluding diaryl/α,β-unsaturated/α-hetero) is 1. The number of para-hydroxylation sites is 2. The number of anilines is 2. The standard InChI is InChI=1S/C24H23N3O4/c1-15-22(16(2)26(3)25-15)23(29)24(30)31-14-21(28)27-19-10-6-4-8-17(19)12-13-18-9-5-7-11-20(18)27/h4-11H,12-14H2,1-3H3. The Balaban J connectivity index is 1.58. The van der Waals surface area contributed by atoms with Crippen molar-refractivity contribution in [2.75, 3.05) is 11.5 Å². The highest BCUT2D eigenvalue weighted by Crippen LogP contribution is 2.36. The molecule has 7 nitrogen and oxygen atoms in total. The zero-order chi connectivity index (χ0) is 22.1. The van der Waals surface area contributed by atoms with Crippen LogP contribution >= 0.6 is 0 Å². The highest BCUT2D eigenvalue weighted by atomic mass is 16.5.